The van der Waals surface area contributed by atoms with Crippen LogP contribution in [0.4, 0.5) is 0 Å². The van der Waals surface area contributed by atoms with Gasteiger partial charge in [0.15, 0.2) is 0 Å². The van der Waals surface area contributed by atoms with Crippen molar-refractivity contribution in [2.24, 2.45) is 0 Å². The second kappa shape index (κ2) is 5.60. The average Bonchev–Trinajstić information content (AvgIpc) is 3.25. The molecule has 3 nitrogen and oxygen atoms in total. The fourth-order valence-electron chi connectivity index (χ4n) is 2.22. The first-order valence-corrected chi connectivity index (χ1v) is 7.83. The summed E-state index contributed by atoms with van der Waals surface area (Å²) in [6.07, 6.45) is 2.74. The third kappa shape index (κ3) is 3.16. The molecule has 3 rings (SSSR count). The van der Waals surface area contributed by atoms with Gasteiger partial charge in [-0.1, -0.05) is 38.2 Å². The first-order valence-electron chi connectivity index (χ1n) is 7.42. The zero-order chi connectivity index (χ0) is 15.0. The van der Waals surface area contributed by atoms with Crippen molar-refractivity contribution in [3.05, 3.63) is 40.3 Å². The highest BCUT2D eigenvalue weighted by molar-refractivity contribution is 7.71. The molecule has 1 aliphatic carbocycles. The molecule has 4 heteroatoms. The van der Waals surface area contributed by atoms with Gasteiger partial charge in [-0.3, -0.25) is 0 Å². The van der Waals surface area contributed by atoms with Crippen LogP contribution >= 0.6 is 12.2 Å². The molecule has 110 valence electrons. The summed E-state index contributed by atoms with van der Waals surface area (Å²) in [6.45, 7) is 6.23. The fourth-order valence-corrected chi connectivity index (χ4v) is 2.42. The van der Waals surface area contributed by atoms with Crippen LogP contribution in [0.15, 0.2) is 24.3 Å². The Kier molecular flexibility index (Phi) is 3.81. The standard InChI is InChI=1S/C17H20N2OS/c1-10(2)16-18-15(11(3)17(21)19-16)12-5-4-6-14(9-12)20-13-7-8-13/h4-6,9-10,13H,7-8H2,1-3H3,(H,18,19,21). The topological polar surface area (TPSA) is 37.9 Å². The molecule has 0 bridgehead atoms. The number of ether oxygens (including phenoxy) is 1. The van der Waals surface area contributed by atoms with Crippen LogP contribution in [0.3, 0.4) is 0 Å². The van der Waals surface area contributed by atoms with Crippen molar-refractivity contribution in [3.8, 4) is 17.0 Å². The zero-order valence-corrected chi connectivity index (χ0v) is 13.5. The zero-order valence-electron chi connectivity index (χ0n) is 12.6. The number of H-pyrrole nitrogens is 1. The van der Waals surface area contributed by atoms with Gasteiger partial charge in [-0.25, -0.2) is 4.98 Å². The Morgan fingerprint density at radius 1 is 1.33 bits per heavy atom. The van der Waals surface area contributed by atoms with Crippen molar-refractivity contribution in [2.75, 3.05) is 0 Å². The van der Waals surface area contributed by atoms with E-state index < -0.39 is 0 Å². The van der Waals surface area contributed by atoms with Crippen LogP contribution in [0, 0.1) is 11.6 Å². The first kappa shape index (κ1) is 14.3. The molecule has 1 fully saturated rings. The molecule has 0 radical (unpaired) electrons. The molecule has 2 aromatic rings. The van der Waals surface area contributed by atoms with E-state index in [2.05, 4.69) is 35.9 Å². The van der Waals surface area contributed by atoms with Gasteiger partial charge in [0.05, 0.1) is 11.8 Å². The molecule has 1 aromatic heterocycles. The molecule has 21 heavy (non-hydrogen) atoms. The molecule has 1 aromatic carbocycles. The minimum atomic E-state index is 0.317. The van der Waals surface area contributed by atoms with Gasteiger partial charge in [0.1, 0.15) is 16.2 Å². The van der Waals surface area contributed by atoms with Gasteiger partial charge < -0.3 is 9.72 Å². The highest BCUT2D eigenvalue weighted by Crippen LogP contribution is 2.30. The molecule has 1 heterocycles. The van der Waals surface area contributed by atoms with Gasteiger partial charge in [-0.15, -0.1) is 0 Å². The predicted molar refractivity (Wildman–Crippen MR) is 87.3 cm³/mol. The number of hydrogen-bond donors (Lipinski definition) is 1. The van der Waals surface area contributed by atoms with E-state index in [0.717, 1.165) is 28.4 Å². The third-order valence-electron chi connectivity index (χ3n) is 3.67. The van der Waals surface area contributed by atoms with E-state index in [1.54, 1.807) is 0 Å². The second-order valence-corrected chi connectivity index (χ2v) is 6.31. The molecular formula is C17H20N2OS. The van der Waals surface area contributed by atoms with Gasteiger partial charge >= 0.3 is 0 Å². The number of rotatable bonds is 4. The Morgan fingerprint density at radius 3 is 2.76 bits per heavy atom. The van der Waals surface area contributed by atoms with Crippen LogP contribution in [0.1, 0.15) is 44.0 Å². The lowest BCUT2D eigenvalue weighted by atomic mass is 10.1. The van der Waals surface area contributed by atoms with Gasteiger partial charge in [0.2, 0.25) is 0 Å². The minimum Gasteiger partial charge on any atom is -0.490 e. The van der Waals surface area contributed by atoms with Crippen molar-refractivity contribution < 1.29 is 4.74 Å². The molecule has 0 unspecified atom stereocenters. The minimum absolute atomic E-state index is 0.317. The summed E-state index contributed by atoms with van der Waals surface area (Å²) in [5, 5.41) is 0. The number of nitrogens with zero attached hydrogens (tertiary/aromatic N) is 1. The van der Waals surface area contributed by atoms with Crippen molar-refractivity contribution >= 4 is 12.2 Å². The highest BCUT2D eigenvalue weighted by atomic mass is 32.1. The number of benzene rings is 1. The Morgan fingerprint density at radius 2 is 2.10 bits per heavy atom. The molecule has 0 spiro atoms. The molecule has 0 atom stereocenters. The summed E-state index contributed by atoms with van der Waals surface area (Å²) < 4.78 is 6.55. The normalized spacial score (nSPS) is 14.5. The van der Waals surface area contributed by atoms with Gasteiger partial charge in [0.25, 0.3) is 0 Å². The smallest absolute Gasteiger partial charge is 0.133 e. The van der Waals surface area contributed by atoms with E-state index in [4.69, 9.17) is 17.0 Å². The van der Waals surface area contributed by atoms with Gasteiger partial charge in [-0.05, 0) is 31.9 Å². The second-order valence-electron chi connectivity index (χ2n) is 5.93. The Labute approximate surface area is 130 Å². The van der Waals surface area contributed by atoms with Gasteiger partial charge in [0, 0.05) is 17.0 Å². The maximum atomic E-state index is 5.88. The number of hydrogen-bond acceptors (Lipinski definition) is 3. The lowest BCUT2D eigenvalue weighted by Gasteiger charge is -2.13. The van der Waals surface area contributed by atoms with Crippen LogP contribution in [0.5, 0.6) is 5.75 Å². The van der Waals surface area contributed by atoms with E-state index in [-0.39, 0.29) is 0 Å². The van der Waals surface area contributed by atoms with Gasteiger partial charge in [-0.2, -0.15) is 0 Å². The molecule has 1 aliphatic rings. The quantitative estimate of drug-likeness (QED) is 0.826. The molecule has 1 saturated carbocycles. The monoisotopic (exact) mass is 300 g/mol. The fraction of sp³-hybridized carbons (Fsp3) is 0.412. The van der Waals surface area contributed by atoms with E-state index in [1.165, 1.54) is 12.8 Å². The Bertz CT molecular complexity index is 717. The largest absolute Gasteiger partial charge is 0.490 e. The van der Waals surface area contributed by atoms with E-state index >= 15 is 0 Å². The summed E-state index contributed by atoms with van der Waals surface area (Å²) in [4.78, 5) is 7.90. The molecule has 1 N–H and O–H groups in total. The Balaban J connectivity index is 2.04. The summed E-state index contributed by atoms with van der Waals surface area (Å²) in [5.41, 5.74) is 3.15. The van der Waals surface area contributed by atoms with Crippen LogP contribution in [0.25, 0.3) is 11.3 Å². The average molecular weight is 300 g/mol. The summed E-state index contributed by atoms with van der Waals surface area (Å²) >= 11 is 5.40. The summed E-state index contributed by atoms with van der Waals surface area (Å²) in [5.74, 6) is 2.17. The van der Waals surface area contributed by atoms with E-state index in [0.29, 0.717) is 16.7 Å². The van der Waals surface area contributed by atoms with Crippen LogP contribution in [0.2, 0.25) is 0 Å². The van der Waals surface area contributed by atoms with Crippen molar-refractivity contribution in [3.63, 3.8) is 0 Å². The van der Waals surface area contributed by atoms with Crippen molar-refractivity contribution in [1.29, 1.82) is 0 Å². The van der Waals surface area contributed by atoms with Crippen molar-refractivity contribution in [2.45, 2.75) is 45.6 Å². The summed E-state index contributed by atoms with van der Waals surface area (Å²) in [6, 6.07) is 8.20. The van der Waals surface area contributed by atoms with Crippen molar-refractivity contribution in [1.82, 2.24) is 9.97 Å². The highest BCUT2D eigenvalue weighted by Gasteiger charge is 2.23. The van der Waals surface area contributed by atoms with Crippen LogP contribution in [-0.2, 0) is 0 Å². The van der Waals surface area contributed by atoms with E-state index in [9.17, 15) is 0 Å². The number of aromatic amines is 1. The molecule has 0 amide bonds. The van der Waals surface area contributed by atoms with E-state index in [1.807, 2.05) is 19.1 Å². The van der Waals surface area contributed by atoms with Crippen LogP contribution < -0.4 is 4.74 Å². The molecule has 0 saturated heterocycles. The number of aromatic nitrogens is 2. The summed E-state index contributed by atoms with van der Waals surface area (Å²) in [7, 11) is 0. The number of nitrogens with one attached hydrogen (secondary N) is 1. The lowest BCUT2D eigenvalue weighted by Crippen LogP contribution is -2.02. The third-order valence-corrected chi connectivity index (χ3v) is 4.07. The maximum Gasteiger partial charge on any atom is 0.133 e. The Hall–Kier alpha value is -1.68. The molecule has 0 aliphatic heterocycles. The van der Waals surface area contributed by atoms with Crippen LogP contribution in [-0.4, -0.2) is 16.1 Å². The predicted octanol–water partition coefficient (Wildman–Crippen LogP) is 4.78. The maximum absolute atomic E-state index is 5.88. The lowest BCUT2D eigenvalue weighted by molar-refractivity contribution is 0.303. The SMILES string of the molecule is Cc1c(-c2cccc(OC3CC3)c2)[nH]c(C(C)C)nc1=S. The molecular weight excluding hydrogens is 280 g/mol. The first-order chi connectivity index (χ1) is 10.0.